The van der Waals surface area contributed by atoms with Crippen LogP contribution in [0, 0.1) is 27.7 Å². The number of benzene rings is 1. The molecule has 8 heteroatoms. The number of pyridine rings is 1. The molecule has 0 spiro atoms. The van der Waals surface area contributed by atoms with Crippen molar-refractivity contribution in [2.75, 3.05) is 0 Å². The SMILES string of the molecule is Cc1cc(C)c(-c2cc(COC(=O)c3ccc(C(F)(F)F)nc3C)on2)c(C)c1. The van der Waals surface area contributed by atoms with Crippen LogP contribution in [-0.4, -0.2) is 16.1 Å². The fourth-order valence-corrected chi connectivity index (χ4v) is 3.23. The van der Waals surface area contributed by atoms with Gasteiger partial charge in [0.1, 0.15) is 11.4 Å². The third-order valence-electron chi connectivity index (χ3n) is 4.43. The highest BCUT2D eigenvalue weighted by Crippen LogP contribution is 2.29. The van der Waals surface area contributed by atoms with E-state index in [0.717, 1.165) is 34.4 Å². The molecular formula is C21H19F3N2O3. The molecule has 0 saturated carbocycles. The minimum atomic E-state index is -4.57. The van der Waals surface area contributed by atoms with Gasteiger partial charge in [0.2, 0.25) is 0 Å². The lowest BCUT2D eigenvalue weighted by Gasteiger charge is -2.09. The highest BCUT2D eigenvalue weighted by molar-refractivity contribution is 5.90. The van der Waals surface area contributed by atoms with Gasteiger partial charge in [-0.15, -0.1) is 0 Å². The van der Waals surface area contributed by atoms with Crippen molar-refractivity contribution in [3.63, 3.8) is 0 Å². The molecule has 0 aliphatic carbocycles. The number of ether oxygens (including phenoxy) is 1. The smallest absolute Gasteiger partial charge is 0.433 e. The first-order valence-electron chi connectivity index (χ1n) is 8.82. The Morgan fingerprint density at radius 1 is 1.07 bits per heavy atom. The Labute approximate surface area is 165 Å². The van der Waals surface area contributed by atoms with Crippen LogP contribution in [0.2, 0.25) is 0 Å². The summed E-state index contributed by atoms with van der Waals surface area (Å²) in [7, 11) is 0. The Balaban J connectivity index is 1.73. The zero-order valence-electron chi connectivity index (χ0n) is 16.3. The first kappa shape index (κ1) is 20.6. The molecule has 3 aromatic rings. The second kappa shape index (κ2) is 7.69. The molecule has 0 aliphatic heterocycles. The first-order chi connectivity index (χ1) is 13.6. The molecule has 0 saturated heterocycles. The van der Waals surface area contributed by atoms with Gasteiger partial charge < -0.3 is 9.26 Å². The van der Waals surface area contributed by atoms with Crippen molar-refractivity contribution in [2.45, 2.75) is 40.5 Å². The van der Waals surface area contributed by atoms with Crippen LogP contribution in [0.25, 0.3) is 11.3 Å². The molecule has 3 rings (SSSR count). The number of aryl methyl sites for hydroxylation is 4. The van der Waals surface area contributed by atoms with Crippen molar-refractivity contribution in [2.24, 2.45) is 0 Å². The van der Waals surface area contributed by atoms with Gasteiger partial charge in [-0.3, -0.25) is 0 Å². The van der Waals surface area contributed by atoms with Crippen LogP contribution in [0.5, 0.6) is 0 Å². The molecular weight excluding hydrogens is 385 g/mol. The van der Waals surface area contributed by atoms with Crippen molar-refractivity contribution < 1.29 is 27.2 Å². The van der Waals surface area contributed by atoms with Gasteiger partial charge in [-0.2, -0.15) is 13.2 Å². The lowest BCUT2D eigenvalue weighted by atomic mass is 9.97. The van der Waals surface area contributed by atoms with Gasteiger partial charge in [0, 0.05) is 11.6 Å². The third-order valence-corrected chi connectivity index (χ3v) is 4.43. The van der Waals surface area contributed by atoms with Crippen molar-refractivity contribution in [1.29, 1.82) is 0 Å². The van der Waals surface area contributed by atoms with Crippen molar-refractivity contribution >= 4 is 5.97 Å². The van der Waals surface area contributed by atoms with Crippen molar-refractivity contribution in [1.82, 2.24) is 10.1 Å². The Hall–Kier alpha value is -3.16. The van der Waals surface area contributed by atoms with E-state index in [0.29, 0.717) is 11.5 Å². The minimum absolute atomic E-state index is 0.0389. The third kappa shape index (κ3) is 4.47. The average Bonchev–Trinajstić information content (AvgIpc) is 3.06. The van der Waals surface area contributed by atoms with Crippen LogP contribution in [0.15, 0.2) is 34.9 Å². The molecule has 2 aromatic heterocycles. The molecule has 152 valence electrons. The second-order valence-electron chi connectivity index (χ2n) is 6.86. The zero-order valence-corrected chi connectivity index (χ0v) is 16.3. The second-order valence-corrected chi connectivity index (χ2v) is 6.86. The first-order valence-corrected chi connectivity index (χ1v) is 8.82. The van der Waals surface area contributed by atoms with Gasteiger partial charge >= 0.3 is 12.1 Å². The van der Waals surface area contributed by atoms with Gasteiger partial charge in [0.25, 0.3) is 0 Å². The van der Waals surface area contributed by atoms with Gasteiger partial charge in [-0.1, -0.05) is 22.9 Å². The number of rotatable bonds is 4. The van der Waals surface area contributed by atoms with Gasteiger partial charge in [0.15, 0.2) is 12.4 Å². The monoisotopic (exact) mass is 404 g/mol. The average molecular weight is 404 g/mol. The van der Waals surface area contributed by atoms with E-state index in [2.05, 4.69) is 10.1 Å². The predicted octanol–water partition coefficient (Wildman–Crippen LogP) is 5.35. The number of esters is 1. The van der Waals surface area contributed by atoms with E-state index in [1.165, 1.54) is 6.92 Å². The maximum Gasteiger partial charge on any atom is 0.433 e. The molecule has 0 N–H and O–H groups in total. The normalized spacial score (nSPS) is 11.6. The summed E-state index contributed by atoms with van der Waals surface area (Å²) in [4.78, 5) is 15.6. The maximum atomic E-state index is 12.7. The molecule has 2 heterocycles. The van der Waals surface area contributed by atoms with Gasteiger partial charge in [0.05, 0.1) is 11.3 Å². The summed E-state index contributed by atoms with van der Waals surface area (Å²) in [5.41, 5.74) is 3.64. The molecule has 0 atom stereocenters. The van der Waals surface area contributed by atoms with Crippen molar-refractivity contribution in [3.8, 4) is 11.3 Å². The van der Waals surface area contributed by atoms with E-state index in [9.17, 15) is 18.0 Å². The van der Waals surface area contributed by atoms with Crippen molar-refractivity contribution in [3.05, 3.63) is 69.7 Å². The summed E-state index contributed by atoms with van der Waals surface area (Å²) in [5, 5.41) is 4.04. The Morgan fingerprint density at radius 2 is 1.72 bits per heavy atom. The van der Waals surface area contributed by atoms with Gasteiger partial charge in [-0.05, 0) is 51.0 Å². The summed E-state index contributed by atoms with van der Waals surface area (Å²) in [5.74, 6) is -0.463. The molecule has 0 bridgehead atoms. The number of hydrogen-bond acceptors (Lipinski definition) is 5. The van der Waals surface area contributed by atoms with E-state index in [-0.39, 0.29) is 17.9 Å². The molecule has 1 aromatic carbocycles. The topological polar surface area (TPSA) is 65.2 Å². The van der Waals surface area contributed by atoms with Crippen LogP contribution in [0.4, 0.5) is 13.2 Å². The Kier molecular flexibility index (Phi) is 5.46. The van der Waals surface area contributed by atoms with E-state index in [1.807, 2.05) is 32.9 Å². The Bertz CT molecular complexity index is 1050. The number of alkyl halides is 3. The van der Waals surface area contributed by atoms with Gasteiger partial charge in [-0.25, -0.2) is 9.78 Å². The maximum absolute atomic E-state index is 12.7. The molecule has 0 unspecified atom stereocenters. The van der Waals surface area contributed by atoms with E-state index in [1.54, 1.807) is 6.07 Å². The highest BCUT2D eigenvalue weighted by atomic mass is 19.4. The number of aromatic nitrogens is 2. The standard InChI is InChI=1S/C21H19F3N2O3/c1-11-7-12(2)19(13(3)8-11)17-9-15(29-26-17)10-28-20(27)16-5-6-18(21(22,23)24)25-14(16)4/h5-9H,10H2,1-4H3. The summed E-state index contributed by atoms with van der Waals surface area (Å²) in [6.45, 7) is 7.08. The summed E-state index contributed by atoms with van der Waals surface area (Å²) in [6.07, 6.45) is -4.57. The highest BCUT2D eigenvalue weighted by Gasteiger charge is 2.33. The zero-order chi connectivity index (χ0) is 21.3. The summed E-state index contributed by atoms with van der Waals surface area (Å²) in [6, 6.07) is 7.56. The molecule has 0 aliphatic rings. The summed E-state index contributed by atoms with van der Waals surface area (Å²) >= 11 is 0. The van der Waals surface area contributed by atoms with E-state index < -0.39 is 17.8 Å². The number of carbonyl (C=O) groups excluding carboxylic acids is 1. The van der Waals surface area contributed by atoms with Crippen LogP contribution in [0.3, 0.4) is 0 Å². The van der Waals surface area contributed by atoms with Crippen LogP contribution >= 0.6 is 0 Å². The largest absolute Gasteiger partial charge is 0.454 e. The minimum Gasteiger partial charge on any atom is -0.454 e. The van der Waals surface area contributed by atoms with Crippen LogP contribution < -0.4 is 0 Å². The number of nitrogens with zero attached hydrogens (tertiary/aromatic N) is 2. The quantitative estimate of drug-likeness (QED) is 0.549. The van der Waals surface area contributed by atoms with Crippen LogP contribution in [-0.2, 0) is 17.5 Å². The molecule has 5 nitrogen and oxygen atoms in total. The fourth-order valence-electron chi connectivity index (χ4n) is 3.23. The molecule has 0 fully saturated rings. The number of halogens is 3. The predicted molar refractivity (Wildman–Crippen MR) is 99.2 cm³/mol. The van der Waals surface area contributed by atoms with E-state index in [4.69, 9.17) is 9.26 Å². The molecule has 0 radical (unpaired) electrons. The van der Waals surface area contributed by atoms with E-state index >= 15 is 0 Å². The summed E-state index contributed by atoms with van der Waals surface area (Å²) < 4.78 is 48.5. The fraction of sp³-hybridized carbons (Fsp3) is 0.286. The molecule has 0 amide bonds. The number of hydrogen-bond donors (Lipinski definition) is 0. The lowest BCUT2D eigenvalue weighted by molar-refractivity contribution is -0.141. The van der Waals surface area contributed by atoms with Crippen LogP contribution in [0.1, 0.15) is 44.2 Å². The number of carbonyl (C=O) groups is 1. The lowest BCUT2D eigenvalue weighted by Crippen LogP contribution is -2.13. The Morgan fingerprint density at radius 3 is 2.31 bits per heavy atom. The molecule has 29 heavy (non-hydrogen) atoms.